The van der Waals surface area contributed by atoms with Gasteiger partial charge >= 0.3 is 11.8 Å². The largest absolute Gasteiger partial charge is 0.360 e. The highest BCUT2D eigenvalue weighted by Gasteiger charge is 2.29. The zero-order chi connectivity index (χ0) is 14.0. The molecule has 0 spiro atoms. The Hall–Kier alpha value is -1.85. The maximum Gasteiger partial charge on any atom is 0.315 e. The van der Waals surface area contributed by atoms with Crippen molar-refractivity contribution in [2.75, 3.05) is 18.4 Å². The van der Waals surface area contributed by atoms with Crippen molar-refractivity contribution in [2.24, 2.45) is 11.8 Å². The average molecular weight is 265 g/mol. The van der Waals surface area contributed by atoms with E-state index in [0.29, 0.717) is 30.7 Å². The fourth-order valence-corrected chi connectivity index (χ4v) is 2.57. The Morgan fingerprint density at radius 2 is 2.00 bits per heavy atom. The molecule has 1 aliphatic heterocycles. The molecule has 19 heavy (non-hydrogen) atoms. The van der Waals surface area contributed by atoms with Gasteiger partial charge in [0.2, 0.25) is 0 Å². The zero-order valence-corrected chi connectivity index (χ0v) is 11.5. The number of rotatable bonds is 1. The van der Waals surface area contributed by atoms with E-state index in [2.05, 4.69) is 24.3 Å². The molecule has 2 rings (SSSR count). The summed E-state index contributed by atoms with van der Waals surface area (Å²) in [6, 6.07) is 1.58. The van der Waals surface area contributed by atoms with Crippen molar-refractivity contribution in [3.63, 3.8) is 0 Å². The summed E-state index contributed by atoms with van der Waals surface area (Å²) in [4.78, 5) is 25.5. The third-order valence-corrected chi connectivity index (χ3v) is 3.22. The van der Waals surface area contributed by atoms with E-state index < -0.39 is 11.8 Å². The summed E-state index contributed by atoms with van der Waals surface area (Å²) in [7, 11) is 0. The smallest absolute Gasteiger partial charge is 0.315 e. The van der Waals surface area contributed by atoms with Crippen LogP contribution in [-0.2, 0) is 9.59 Å². The molecule has 6 heteroatoms. The summed E-state index contributed by atoms with van der Waals surface area (Å²) in [6.07, 6.45) is 1.09. The van der Waals surface area contributed by atoms with Crippen molar-refractivity contribution in [2.45, 2.75) is 27.2 Å². The van der Waals surface area contributed by atoms with Crippen LogP contribution in [0.4, 0.5) is 5.82 Å². The molecule has 1 saturated heterocycles. The summed E-state index contributed by atoms with van der Waals surface area (Å²) in [5, 5.41) is 6.09. The van der Waals surface area contributed by atoms with Gasteiger partial charge in [-0.15, -0.1) is 0 Å². The van der Waals surface area contributed by atoms with Crippen molar-refractivity contribution in [3.8, 4) is 0 Å². The third-order valence-electron chi connectivity index (χ3n) is 3.22. The Morgan fingerprint density at radius 1 is 1.37 bits per heavy atom. The molecule has 2 amide bonds. The predicted octanol–water partition coefficient (Wildman–Crippen LogP) is 1.43. The molecule has 0 aromatic carbocycles. The highest BCUT2D eigenvalue weighted by atomic mass is 16.5. The van der Waals surface area contributed by atoms with Crippen LogP contribution in [-0.4, -0.2) is 35.0 Å². The van der Waals surface area contributed by atoms with E-state index in [4.69, 9.17) is 4.52 Å². The van der Waals surface area contributed by atoms with Gasteiger partial charge in [0.05, 0.1) is 0 Å². The van der Waals surface area contributed by atoms with E-state index in [1.165, 1.54) is 0 Å². The number of hydrogen-bond acceptors (Lipinski definition) is 4. The van der Waals surface area contributed by atoms with Crippen molar-refractivity contribution < 1.29 is 14.1 Å². The first-order valence-corrected chi connectivity index (χ1v) is 6.49. The lowest BCUT2D eigenvalue weighted by Gasteiger charge is -2.34. The normalized spacial score (nSPS) is 23.2. The molecule has 104 valence electrons. The number of amides is 2. The number of anilines is 1. The molecule has 0 radical (unpaired) electrons. The van der Waals surface area contributed by atoms with Gasteiger partial charge in [0.1, 0.15) is 5.76 Å². The topological polar surface area (TPSA) is 75.4 Å². The fourth-order valence-electron chi connectivity index (χ4n) is 2.57. The van der Waals surface area contributed by atoms with Gasteiger partial charge in [-0.25, -0.2) is 0 Å². The molecule has 0 aliphatic carbocycles. The van der Waals surface area contributed by atoms with Crippen LogP contribution < -0.4 is 5.32 Å². The van der Waals surface area contributed by atoms with Gasteiger partial charge in [-0.3, -0.25) is 14.9 Å². The highest BCUT2D eigenvalue weighted by Crippen LogP contribution is 2.21. The number of carbonyl (C=O) groups is 2. The van der Waals surface area contributed by atoms with Gasteiger partial charge in [-0.1, -0.05) is 19.0 Å². The second-order valence-electron chi connectivity index (χ2n) is 5.43. The Labute approximate surface area is 112 Å². The SMILES string of the molecule is Cc1cc(NC(=O)C(=O)N2CC(C)CC(C)C2)no1. The number of hydrogen-bond donors (Lipinski definition) is 1. The van der Waals surface area contributed by atoms with Gasteiger partial charge < -0.3 is 9.42 Å². The summed E-state index contributed by atoms with van der Waals surface area (Å²) in [5.74, 6) is 0.551. The quantitative estimate of drug-likeness (QED) is 0.779. The molecule has 2 heterocycles. The summed E-state index contributed by atoms with van der Waals surface area (Å²) in [6.45, 7) is 7.17. The van der Waals surface area contributed by atoms with Crippen molar-refractivity contribution in [1.82, 2.24) is 10.1 Å². The van der Waals surface area contributed by atoms with Gasteiger partial charge in [0.15, 0.2) is 5.82 Å². The van der Waals surface area contributed by atoms with Crippen molar-refractivity contribution >= 4 is 17.6 Å². The number of carbonyl (C=O) groups excluding carboxylic acids is 2. The molecule has 6 nitrogen and oxygen atoms in total. The Balaban J connectivity index is 1.97. The maximum atomic E-state index is 12.1. The number of nitrogens with zero attached hydrogens (tertiary/aromatic N) is 2. The Morgan fingerprint density at radius 3 is 2.53 bits per heavy atom. The second kappa shape index (κ2) is 5.42. The van der Waals surface area contributed by atoms with Gasteiger partial charge in [0.25, 0.3) is 0 Å². The van der Waals surface area contributed by atoms with Gasteiger partial charge in [-0.2, -0.15) is 0 Å². The first-order valence-electron chi connectivity index (χ1n) is 6.49. The fraction of sp³-hybridized carbons (Fsp3) is 0.615. The number of piperidine rings is 1. The Kier molecular flexibility index (Phi) is 3.87. The minimum absolute atomic E-state index is 0.272. The molecule has 2 unspecified atom stereocenters. The van der Waals surface area contributed by atoms with Crippen molar-refractivity contribution in [1.29, 1.82) is 0 Å². The molecular weight excluding hydrogens is 246 g/mol. The van der Waals surface area contributed by atoms with E-state index in [-0.39, 0.29) is 5.82 Å². The molecular formula is C13H19N3O3. The number of likely N-dealkylation sites (tertiary alicyclic amines) is 1. The van der Waals surface area contributed by atoms with E-state index in [9.17, 15) is 9.59 Å². The Bertz CT molecular complexity index is 473. The number of aryl methyl sites for hydroxylation is 1. The molecule has 1 fully saturated rings. The van der Waals surface area contributed by atoms with E-state index in [1.54, 1.807) is 17.9 Å². The van der Waals surface area contributed by atoms with Crippen LogP contribution in [0.25, 0.3) is 0 Å². The number of aromatic nitrogens is 1. The lowest BCUT2D eigenvalue weighted by Crippen LogP contribution is -2.47. The molecule has 0 bridgehead atoms. The summed E-state index contributed by atoms with van der Waals surface area (Å²) < 4.78 is 4.84. The van der Waals surface area contributed by atoms with Crippen LogP contribution in [0.1, 0.15) is 26.0 Å². The molecule has 1 aliphatic rings. The molecule has 1 N–H and O–H groups in total. The average Bonchev–Trinajstić information content (AvgIpc) is 2.72. The van der Waals surface area contributed by atoms with E-state index >= 15 is 0 Å². The molecule has 1 aromatic rings. The van der Waals surface area contributed by atoms with Crippen LogP contribution in [0.3, 0.4) is 0 Å². The molecule has 1 aromatic heterocycles. The summed E-state index contributed by atoms with van der Waals surface area (Å²) >= 11 is 0. The molecule has 2 atom stereocenters. The number of nitrogens with one attached hydrogen (secondary N) is 1. The van der Waals surface area contributed by atoms with Gasteiger partial charge in [-0.05, 0) is 25.2 Å². The first kappa shape index (κ1) is 13.6. The standard InChI is InChI=1S/C13H19N3O3/c1-8-4-9(2)7-16(6-8)13(18)12(17)14-11-5-10(3)19-15-11/h5,8-9H,4,6-7H2,1-3H3,(H,14,15,17). The monoisotopic (exact) mass is 265 g/mol. The van der Waals surface area contributed by atoms with Crippen LogP contribution in [0.15, 0.2) is 10.6 Å². The van der Waals surface area contributed by atoms with E-state index in [1.807, 2.05) is 0 Å². The minimum atomic E-state index is -0.658. The first-order chi connectivity index (χ1) is 8.95. The van der Waals surface area contributed by atoms with Gasteiger partial charge in [0, 0.05) is 19.2 Å². The predicted molar refractivity (Wildman–Crippen MR) is 69.4 cm³/mol. The van der Waals surface area contributed by atoms with Crippen LogP contribution >= 0.6 is 0 Å². The maximum absolute atomic E-state index is 12.1. The lowest BCUT2D eigenvalue weighted by atomic mass is 9.92. The highest BCUT2D eigenvalue weighted by molar-refractivity contribution is 6.39. The van der Waals surface area contributed by atoms with Crippen LogP contribution in [0.5, 0.6) is 0 Å². The van der Waals surface area contributed by atoms with Crippen LogP contribution in [0.2, 0.25) is 0 Å². The lowest BCUT2D eigenvalue weighted by molar-refractivity contribution is -0.145. The molecule has 0 saturated carbocycles. The van der Waals surface area contributed by atoms with Crippen molar-refractivity contribution in [3.05, 3.63) is 11.8 Å². The zero-order valence-electron chi connectivity index (χ0n) is 11.5. The van der Waals surface area contributed by atoms with E-state index in [0.717, 1.165) is 6.42 Å². The second-order valence-corrected chi connectivity index (χ2v) is 5.43. The van der Waals surface area contributed by atoms with Crippen LogP contribution in [0, 0.1) is 18.8 Å². The summed E-state index contributed by atoms with van der Waals surface area (Å²) in [5.41, 5.74) is 0. The third kappa shape index (κ3) is 3.33. The minimum Gasteiger partial charge on any atom is -0.360 e.